The maximum Gasteiger partial charge on any atom is 0.223 e. The first-order valence-corrected chi connectivity index (χ1v) is 12.7. The van der Waals surface area contributed by atoms with Crippen LogP contribution in [0.1, 0.15) is 6.42 Å². The summed E-state index contributed by atoms with van der Waals surface area (Å²) in [5.41, 5.74) is 0.923. The van der Waals surface area contributed by atoms with Crippen LogP contribution in [0.5, 0.6) is 5.75 Å². The Labute approximate surface area is 190 Å². The molecule has 4 rings (SSSR count). The van der Waals surface area contributed by atoms with Gasteiger partial charge in [-0.1, -0.05) is 22.9 Å². The summed E-state index contributed by atoms with van der Waals surface area (Å²) in [6.45, 7) is 2.40. The molecule has 164 valence electrons. The SMILES string of the molecule is COc1ccc2nc(N3CCN(C(=O)CCS(=O)(=O)c4ccc(Cl)cc4)CC3)sc2c1. The molecule has 3 aromatic rings. The number of carbonyl (C=O) groups is 1. The number of halogens is 1. The molecule has 2 aromatic carbocycles. The van der Waals surface area contributed by atoms with Gasteiger partial charge in [-0.25, -0.2) is 13.4 Å². The highest BCUT2D eigenvalue weighted by atomic mass is 35.5. The molecule has 2 heterocycles. The highest BCUT2D eigenvalue weighted by Crippen LogP contribution is 2.32. The highest BCUT2D eigenvalue weighted by molar-refractivity contribution is 7.91. The Bertz CT molecular complexity index is 1190. The fourth-order valence-corrected chi connectivity index (χ4v) is 5.84. The van der Waals surface area contributed by atoms with Gasteiger partial charge in [-0.05, 0) is 42.5 Å². The summed E-state index contributed by atoms with van der Waals surface area (Å²) in [5.74, 6) is 0.436. The van der Waals surface area contributed by atoms with Gasteiger partial charge < -0.3 is 14.5 Å². The quantitative estimate of drug-likeness (QED) is 0.538. The largest absolute Gasteiger partial charge is 0.497 e. The van der Waals surface area contributed by atoms with E-state index in [2.05, 4.69) is 9.88 Å². The molecule has 0 aliphatic carbocycles. The number of hydrogen-bond donors (Lipinski definition) is 0. The van der Waals surface area contributed by atoms with Gasteiger partial charge in [0.15, 0.2) is 15.0 Å². The predicted molar refractivity (Wildman–Crippen MR) is 123 cm³/mol. The number of piperazine rings is 1. The van der Waals surface area contributed by atoms with E-state index in [9.17, 15) is 13.2 Å². The maximum atomic E-state index is 12.6. The number of nitrogens with zero attached hydrogens (tertiary/aromatic N) is 3. The minimum atomic E-state index is -3.52. The van der Waals surface area contributed by atoms with Crippen molar-refractivity contribution in [3.05, 3.63) is 47.5 Å². The number of ether oxygens (including phenoxy) is 1. The van der Waals surface area contributed by atoms with Crippen molar-refractivity contribution in [2.75, 3.05) is 43.9 Å². The van der Waals surface area contributed by atoms with E-state index in [0.717, 1.165) is 21.1 Å². The molecular weight excluding hydrogens is 458 g/mol. The molecule has 1 aliphatic rings. The number of hydrogen-bond acceptors (Lipinski definition) is 7. The zero-order valence-corrected chi connectivity index (χ0v) is 19.3. The van der Waals surface area contributed by atoms with Crippen LogP contribution in [0, 0.1) is 0 Å². The number of aromatic nitrogens is 1. The molecule has 7 nitrogen and oxygen atoms in total. The minimum absolute atomic E-state index is 0.0358. The first-order valence-electron chi connectivity index (χ1n) is 9.81. The average Bonchev–Trinajstić information content (AvgIpc) is 3.21. The van der Waals surface area contributed by atoms with E-state index in [1.165, 1.54) is 24.3 Å². The van der Waals surface area contributed by atoms with Gasteiger partial charge in [-0.3, -0.25) is 4.79 Å². The lowest BCUT2D eigenvalue weighted by atomic mass is 10.3. The second kappa shape index (κ2) is 9.02. The van der Waals surface area contributed by atoms with Gasteiger partial charge in [0.05, 0.1) is 28.0 Å². The van der Waals surface area contributed by atoms with E-state index in [4.69, 9.17) is 16.3 Å². The average molecular weight is 480 g/mol. The van der Waals surface area contributed by atoms with E-state index < -0.39 is 9.84 Å². The zero-order valence-electron chi connectivity index (χ0n) is 17.0. The molecule has 0 saturated carbocycles. The Balaban J connectivity index is 1.33. The normalized spacial score (nSPS) is 14.8. The molecule has 0 spiro atoms. The third-order valence-corrected chi connectivity index (χ3v) is 8.31. The fraction of sp³-hybridized carbons (Fsp3) is 0.333. The summed E-state index contributed by atoms with van der Waals surface area (Å²) in [5, 5.41) is 1.39. The first-order chi connectivity index (χ1) is 14.9. The van der Waals surface area contributed by atoms with Crippen LogP contribution in [0.3, 0.4) is 0 Å². The van der Waals surface area contributed by atoms with Crippen LogP contribution in [0.2, 0.25) is 5.02 Å². The second-order valence-electron chi connectivity index (χ2n) is 7.22. The van der Waals surface area contributed by atoms with Gasteiger partial charge in [0.2, 0.25) is 5.91 Å². The minimum Gasteiger partial charge on any atom is -0.497 e. The number of methoxy groups -OCH3 is 1. The van der Waals surface area contributed by atoms with Crippen LogP contribution in [0.15, 0.2) is 47.4 Å². The van der Waals surface area contributed by atoms with Crippen LogP contribution in [0.25, 0.3) is 10.2 Å². The fourth-order valence-electron chi connectivity index (χ4n) is 3.44. The van der Waals surface area contributed by atoms with Gasteiger partial charge in [-0.15, -0.1) is 0 Å². The summed E-state index contributed by atoms with van der Waals surface area (Å²) in [4.78, 5) is 21.3. The molecule has 1 fully saturated rings. The van der Waals surface area contributed by atoms with Crippen molar-refractivity contribution >= 4 is 54.0 Å². The standard InChI is InChI=1S/C21H22ClN3O4S2/c1-29-16-4-7-18-19(14-16)30-21(23-18)25-11-9-24(10-12-25)20(26)8-13-31(27,28)17-5-2-15(22)3-6-17/h2-7,14H,8-13H2,1H3. The molecule has 0 atom stereocenters. The number of fused-ring (bicyclic) bond motifs is 1. The number of benzene rings is 2. The molecule has 31 heavy (non-hydrogen) atoms. The Morgan fingerprint density at radius 2 is 1.84 bits per heavy atom. The van der Waals surface area contributed by atoms with Crippen LogP contribution in [-0.2, 0) is 14.6 Å². The lowest BCUT2D eigenvalue weighted by Crippen LogP contribution is -2.49. The molecule has 10 heteroatoms. The van der Waals surface area contributed by atoms with Crippen molar-refractivity contribution in [1.82, 2.24) is 9.88 Å². The van der Waals surface area contributed by atoms with Crippen molar-refractivity contribution in [2.45, 2.75) is 11.3 Å². The third kappa shape index (κ3) is 4.94. The van der Waals surface area contributed by atoms with Gasteiger partial charge in [0.1, 0.15) is 5.75 Å². The van der Waals surface area contributed by atoms with E-state index in [-0.39, 0.29) is 23.0 Å². The third-order valence-electron chi connectivity index (χ3n) is 5.24. The number of thiazole rings is 1. The van der Waals surface area contributed by atoms with E-state index >= 15 is 0 Å². The molecule has 1 aromatic heterocycles. The van der Waals surface area contributed by atoms with Crippen LogP contribution >= 0.6 is 22.9 Å². The number of amides is 1. The van der Waals surface area contributed by atoms with Crippen molar-refractivity contribution in [3.8, 4) is 5.75 Å². The monoisotopic (exact) mass is 479 g/mol. The first kappa shape index (κ1) is 21.9. The molecular formula is C21H22ClN3O4S2. The number of carbonyl (C=O) groups excluding carboxylic acids is 1. The summed E-state index contributed by atoms with van der Waals surface area (Å²) in [6, 6.07) is 11.8. The lowest BCUT2D eigenvalue weighted by molar-refractivity contribution is -0.131. The number of rotatable bonds is 6. The number of sulfone groups is 1. The molecule has 0 bridgehead atoms. The van der Waals surface area contributed by atoms with Crippen LogP contribution < -0.4 is 9.64 Å². The molecule has 0 unspecified atom stereocenters. The Morgan fingerprint density at radius 3 is 2.52 bits per heavy atom. The topological polar surface area (TPSA) is 79.8 Å². The van der Waals surface area contributed by atoms with E-state index in [0.29, 0.717) is 31.2 Å². The summed E-state index contributed by atoms with van der Waals surface area (Å²) >= 11 is 7.41. The number of anilines is 1. The van der Waals surface area contributed by atoms with Gasteiger partial charge in [-0.2, -0.15) is 0 Å². The maximum absolute atomic E-state index is 12.6. The Hall–Kier alpha value is -2.36. The van der Waals surface area contributed by atoms with Crippen LogP contribution in [-0.4, -0.2) is 63.3 Å². The van der Waals surface area contributed by atoms with E-state index in [1.54, 1.807) is 23.3 Å². The highest BCUT2D eigenvalue weighted by Gasteiger charge is 2.25. The van der Waals surface area contributed by atoms with E-state index in [1.807, 2.05) is 18.2 Å². The van der Waals surface area contributed by atoms with Gasteiger partial charge in [0.25, 0.3) is 0 Å². The summed E-state index contributed by atoms with van der Waals surface area (Å²) < 4.78 is 31.2. The lowest BCUT2D eigenvalue weighted by Gasteiger charge is -2.34. The van der Waals surface area contributed by atoms with Crippen molar-refractivity contribution < 1.29 is 17.9 Å². The Morgan fingerprint density at radius 1 is 1.13 bits per heavy atom. The Kier molecular flexibility index (Phi) is 6.36. The van der Waals surface area contributed by atoms with Crippen LogP contribution in [0.4, 0.5) is 5.13 Å². The summed E-state index contributed by atoms with van der Waals surface area (Å²) in [6.07, 6.45) is -0.0358. The van der Waals surface area contributed by atoms with Crippen molar-refractivity contribution in [1.29, 1.82) is 0 Å². The molecule has 0 N–H and O–H groups in total. The molecule has 0 radical (unpaired) electrons. The van der Waals surface area contributed by atoms with Gasteiger partial charge >= 0.3 is 0 Å². The van der Waals surface area contributed by atoms with Crippen molar-refractivity contribution in [2.24, 2.45) is 0 Å². The predicted octanol–water partition coefficient (Wildman–Crippen LogP) is 3.47. The second-order valence-corrected chi connectivity index (χ2v) is 10.8. The van der Waals surface area contributed by atoms with Gasteiger partial charge in [0, 0.05) is 37.6 Å². The smallest absolute Gasteiger partial charge is 0.223 e. The summed E-state index contributed by atoms with van der Waals surface area (Å²) in [7, 11) is -1.88. The van der Waals surface area contributed by atoms with Crippen molar-refractivity contribution in [3.63, 3.8) is 0 Å². The molecule has 1 saturated heterocycles. The zero-order chi connectivity index (χ0) is 22.0. The molecule has 1 aliphatic heterocycles. The molecule has 1 amide bonds.